The van der Waals surface area contributed by atoms with Gasteiger partial charge in [0.2, 0.25) is 6.79 Å². The van der Waals surface area contributed by atoms with Crippen molar-refractivity contribution in [2.75, 3.05) is 47.0 Å². The zero-order chi connectivity index (χ0) is 32.7. The lowest BCUT2D eigenvalue weighted by molar-refractivity contribution is -0.150. The number of benzene rings is 2. The fraction of sp³-hybridized carbons (Fsp3) is 0.545. The molecule has 5 aliphatic rings. The number of hydrogen-bond acceptors (Lipinski definition) is 13. The van der Waals surface area contributed by atoms with Crippen molar-refractivity contribution in [2.24, 2.45) is 5.73 Å². The van der Waals surface area contributed by atoms with Crippen molar-refractivity contribution in [3.05, 3.63) is 45.0 Å². The van der Waals surface area contributed by atoms with Crippen molar-refractivity contribution in [1.29, 1.82) is 5.26 Å². The van der Waals surface area contributed by atoms with E-state index in [9.17, 15) is 14.9 Å². The zero-order valence-corrected chi connectivity index (χ0v) is 27.6. The molecule has 7 rings (SSSR count). The van der Waals surface area contributed by atoms with Crippen LogP contribution in [0.15, 0.2) is 6.07 Å². The number of methoxy groups -OCH3 is 2. The molecule has 46 heavy (non-hydrogen) atoms. The molecule has 0 saturated carbocycles. The summed E-state index contributed by atoms with van der Waals surface area (Å²) in [6.07, 6.45) is 0.489. The van der Waals surface area contributed by atoms with Crippen LogP contribution in [0.1, 0.15) is 63.2 Å². The molecule has 2 aromatic carbocycles. The number of fused-ring (bicyclic) bond motifs is 9. The Balaban J connectivity index is 1.56. The summed E-state index contributed by atoms with van der Waals surface area (Å²) in [6.45, 7) is 5.93. The van der Waals surface area contributed by atoms with Crippen molar-refractivity contribution >= 4 is 23.7 Å². The average Bonchev–Trinajstić information content (AvgIpc) is 3.51. The molecular formula is C33H38N4O8S. The molecule has 2 saturated heterocycles. The predicted molar refractivity (Wildman–Crippen MR) is 167 cm³/mol. The van der Waals surface area contributed by atoms with Gasteiger partial charge in [0.15, 0.2) is 11.5 Å². The van der Waals surface area contributed by atoms with Crippen LogP contribution in [0.4, 0.5) is 0 Å². The van der Waals surface area contributed by atoms with Crippen LogP contribution in [-0.2, 0) is 32.1 Å². The molecule has 12 nitrogen and oxygen atoms in total. The number of thioether (sulfide) groups is 1. The van der Waals surface area contributed by atoms with E-state index < -0.39 is 29.6 Å². The minimum Gasteiger partial charge on any atom is -0.496 e. The van der Waals surface area contributed by atoms with Crippen LogP contribution in [0.2, 0.25) is 0 Å². The molecule has 13 heteroatoms. The number of cyclic esters (lactones) is 1. The van der Waals surface area contributed by atoms with Gasteiger partial charge in [-0.2, -0.15) is 5.26 Å². The first kappa shape index (κ1) is 31.1. The first-order valence-electron chi connectivity index (χ1n) is 15.3. The maximum absolute atomic E-state index is 13.0. The Morgan fingerprint density at radius 2 is 1.93 bits per heavy atom. The maximum atomic E-state index is 13.0. The summed E-state index contributed by atoms with van der Waals surface area (Å²) in [6, 6.07) is 2.86. The van der Waals surface area contributed by atoms with Gasteiger partial charge in [-0.25, -0.2) is 0 Å². The van der Waals surface area contributed by atoms with E-state index in [0.29, 0.717) is 42.4 Å². The molecule has 2 aromatic rings. The highest BCUT2D eigenvalue weighted by Crippen LogP contribution is 2.63. The molecule has 0 amide bonds. The largest absolute Gasteiger partial charge is 0.496 e. The molecule has 5 heterocycles. The molecule has 4 unspecified atom stereocenters. The number of nitriles is 1. The molecule has 244 valence electrons. The molecule has 2 fully saturated rings. The van der Waals surface area contributed by atoms with Crippen LogP contribution in [0.3, 0.4) is 0 Å². The second-order valence-corrected chi connectivity index (χ2v) is 13.9. The van der Waals surface area contributed by atoms with E-state index in [2.05, 4.69) is 21.9 Å². The molecule has 0 aromatic heterocycles. The van der Waals surface area contributed by atoms with Crippen LogP contribution in [0.25, 0.3) is 0 Å². The van der Waals surface area contributed by atoms with E-state index in [-0.39, 0.29) is 36.5 Å². The first-order chi connectivity index (χ1) is 22.1. The van der Waals surface area contributed by atoms with Gasteiger partial charge in [0.25, 0.3) is 0 Å². The number of carbonyl (C=O) groups is 2. The molecule has 0 spiro atoms. The number of piperazine rings is 1. The average molecular weight is 651 g/mol. The van der Waals surface area contributed by atoms with Crippen LogP contribution in [-0.4, -0.2) is 86.3 Å². The number of esters is 2. The van der Waals surface area contributed by atoms with Gasteiger partial charge in [-0.3, -0.25) is 19.4 Å². The summed E-state index contributed by atoms with van der Waals surface area (Å²) in [5, 5.41) is 10.6. The summed E-state index contributed by atoms with van der Waals surface area (Å²) in [4.78, 5) is 30.2. The van der Waals surface area contributed by atoms with E-state index in [4.69, 9.17) is 34.2 Å². The highest BCUT2D eigenvalue weighted by atomic mass is 32.2. The molecular weight excluding hydrogens is 612 g/mol. The summed E-state index contributed by atoms with van der Waals surface area (Å²) >= 11 is 1.53. The fourth-order valence-corrected chi connectivity index (χ4v) is 9.80. The third kappa shape index (κ3) is 4.34. The van der Waals surface area contributed by atoms with Crippen LogP contribution in [0.5, 0.6) is 23.0 Å². The topological polar surface area (TPSA) is 146 Å². The van der Waals surface area contributed by atoms with Gasteiger partial charge in [0.1, 0.15) is 29.7 Å². The van der Waals surface area contributed by atoms with Crippen molar-refractivity contribution in [2.45, 2.75) is 68.8 Å². The molecule has 0 aliphatic carbocycles. The van der Waals surface area contributed by atoms with Gasteiger partial charge in [-0.05, 0) is 37.6 Å². The lowest BCUT2D eigenvalue weighted by Gasteiger charge is -2.62. The van der Waals surface area contributed by atoms with Crippen LogP contribution >= 0.6 is 11.8 Å². The quantitative estimate of drug-likeness (QED) is 0.383. The van der Waals surface area contributed by atoms with Gasteiger partial charge in [-0.15, -0.1) is 11.8 Å². The Morgan fingerprint density at radius 1 is 1.17 bits per heavy atom. The van der Waals surface area contributed by atoms with Gasteiger partial charge in [0, 0.05) is 61.0 Å². The SMILES string of the molecule is COCc1c(OC)c(C)cc2c1C1C3C4SC[C@H](N)C(=O)OCC(c5c6c(c(C)c(OC(C)=O)c54)OCO6)N3C[C@](C#N)(C2)N1C. The van der Waals surface area contributed by atoms with E-state index in [1.807, 2.05) is 20.9 Å². The van der Waals surface area contributed by atoms with Gasteiger partial charge in [-0.1, -0.05) is 6.07 Å². The monoisotopic (exact) mass is 650 g/mol. The third-order valence-electron chi connectivity index (χ3n) is 10.2. The zero-order valence-electron chi connectivity index (χ0n) is 26.8. The normalized spacial score (nSPS) is 29.6. The fourth-order valence-electron chi connectivity index (χ4n) is 8.35. The number of nitrogens with two attached hydrogens (primary N) is 1. The van der Waals surface area contributed by atoms with E-state index in [0.717, 1.165) is 39.1 Å². The van der Waals surface area contributed by atoms with E-state index in [1.165, 1.54) is 18.7 Å². The Bertz CT molecular complexity index is 1690. The number of rotatable bonds is 4. The maximum Gasteiger partial charge on any atom is 0.323 e. The molecule has 5 aliphatic heterocycles. The number of aryl methyl sites for hydroxylation is 1. The summed E-state index contributed by atoms with van der Waals surface area (Å²) in [7, 11) is 5.34. The molecule has 0 radical (unpaired) electrons. The lowest BCUT2D eigenvalue weighted by Crippen LogP contribution is -2.70. The smallest absolute Gasteiger partial charge is 0.323 e. The Kier molecular flexibility index (Phi) is 7.64. The summed E-state index contributed by atoms with van der Waals surface area (Å²) < 4.78 is 35.7. The second kappa shape index (κ2) is 11.3. The van der Waals surface area contributed by atoms with Crippen molar-refractivity contribution < 1.29 is 38.0 Å². The second-order valence-electron chi connectivity index (χ2n) is 12.7. The number of nitrogens with zero attached hydrogens (tertiary/aromatic N) is 3. The van der Waals surface area contributed by atoms with Crippen molar-refractivity contribution in [3.63, 3.8) is 0 Å². The molecule has 6 atom stereocenters. The Morgan fingerprint density at radius 3 is 2.63 bits per heavy atom. The number of carbonyl (C=O) groups excluding carboxylic acids is 2. The number of likely N-dealkylation sites (N-methyl/N-ethyl adjacent to an activating group) is 1. The van der Waals surface area contributed by atoms with Crippen LogP contribution < -0.4 is 24.7 Å². The molecule has 2 N–H and O–H groups in total. The minimum absolute atomic E-state index is 0.00511. The van der Waals surface area contributed by atoms with Gasteiger partial charge >= 0.3 is 11.9 Å². The predicted octanol–water partition coefficient (Wildman–Crippen LogP) is 3.00. The van der Waals surface area contributed by atoms with Gasteiger partial charge < -0.3 is 34.2 Å². The standard InChI is InChI=1S/C33H38N4O8S/c1-15-7-18-8-33(12-34)13-37-21-10-42-32(39)20(35)11-46-31(26(37)25(36(33)4)22(18)19(9-40-5)27(15)41-6)24-23(21)30-29(43-14-44-30)16(2)28(24)45-17(3)38/h7,20-21,25-26,31H,8-11,13-14,35H2,1-6H3/t20-,21?,25?,26?,31?,33+/m0/s1. The Labute approximate surface area is 272 Å². The number of ether oxygens (including phenoxy) is 6. The third-order valence-corrected chi connectivity index (χ3v) is 11.6. The van der Waals surface area contributed by atoms with Crippen molar-refractivity contribution in [1.82, 2.24) is 9.80 Å². The van der Waals surface area contributed by atoms with E-state index >= 15 is 0 Å². The van der Waals surface area contributed by atoms with Crippen LogP contribution in [0, 0.1) is 25.2 Å². The highest BCUT2D eigenvalue weighted by Gasteiger charge is 2.61. The minimum atomic E-state index is -0.890. The molecule has 4 bridgehead atoms. The first-order valence-corrected chi connectivity index (χ1v) is 16.4. The summed E-state index contributed by atoms with van der Waals surface area (Å²) in [5.41, 5.74) is 11.7. The number of hydrogen-bond donors (Lipinski definition) is 1. The Hall–Kier alpha value is -3.54. The van der Waals surface area contributed by atoms with Gasteiger partial charge in [0.05, 0.1) is 37.1 Å². The lowest BCUT2D eigenvalue weighted by atomic mass is 9.68. The van der Waals surface area contributed by atoms with Crippen molar-refractivity contribution in [3.8, 4) is 29.1 Å². The summed E-state index contributed by atoms with van der Waals surface area (Å²) in [5.74, 6) is 1.53. The highest BCUT2D eigenvalue weighted by molar-refractivity contribution is 7.99. The van der Waals surface area contributed by atoms with E-state index in [1.54, 1.807) is 14.2 Å².